The molecule has 0 unspecified atom stereocenters. The third-order valence-electron chi connectivity index (χ3n) is 2.83. The van der Waals surface area contributed by atoms with Crippen LogP contribution < -0.4 is 4.74 Å². The van der Waals surface area contributed by atoms with Gasteiger partial charge in [0.15, 0.2) is 15.6 Å². The maximum Gasteiger partial charge on any atom is 0.178 e. The molecule has 2 aromatic carbocycles. The summed E-state index contributed by atoms with van der Waals surface area (Å²) < 4.78 is 29.6. The Morgan fingerprint density at radius 3 is 2.14 bits per heavy atom. The molecule has 0 aliphatic carbocycles. The summed E-state index contributed by atoms with van der Waals surface area (Å²) in [7, 11) is -3.28. The molecule has 2 aromatic rings. The Morgan fingerprint density at radius 1 is 0.905 bits per heavy atom. The van der Waals surface area contributed by atoms with Gasteiger partial charge in [-0.2, -0.15) is 0 Å². The van der Waals surface area contributed by atoms with Crippen molar-refractivity contribution >= 4 is 33.0 Å². The molecule has 21 heavy (non-hydrogen) atoms. The third kappa shape index (κ3) is 4.37. The minimum Gasteiger partial charge on any atom is -0.490 e. The first-order valence-corrected chi connectivity index (χ1v) is 8.76. The second kappa shape index (κ2) is 7.16. The summed E-state index contributed by atoms with van der Waals surface area (Å²) in [6, 6.07) is 13.4. The van der Waals surface area contributed by atoms with Crippen molar-refractivity contribution in [2.45, 2.75) is 11.3 Å². The summed E-state index contributed by atoms with van der Waals surface area (Å²) in [5, 5.41) is 0.821. The van der Waals surface area contributed by atoms with E-state index in [0.717, 1.165) is 0 Å². The van der Waals surface area contributed by atoms with E-state index in [2.05, 4.69) is 0 Å². The Kier molecular flexibility index (Phi) is 5.51. The molecular weight excluding hydrogens is 331 g/mol. The molecule has 0 bridgehead atoms. The monoisotopic (exact) mass is 344 g/mol. The van der Waals surface area contributed by atoms with E-state index in [-0.39, 0.29) is 12.4 Å². The molecule has 0 aliphatic heterocycles. The fraction of sp³-hybridized carbons (Fsp3) is 0.200. The molecule has 0 aliphatic rings. The molecule has 0 radical (unpaired) electrons. The summed E-state index contributed by atoms with van der Waals surface area (Å²) in [4.78, 5) is 0.320. The van der Waals surface area contributed by atoms with Gasteiger partial charge in [0, 0.05) is 0 Å². The molecule has 0 saturated heterocycles. The van der Waals surface area contributed by atoms with E-state index in [1.165, 1.54) is 0 Å². The fourth-order valence-corrected chi connectivity index (χ4v) is 3.60. The van der Waals surface area contributed by atoms with Crippen molar-refractivity contribution in [3.05, 3.63) is 58.6 Å². The van der Waals surface area contributed by atoms with Crippen LogP contribution in [0.5, 0.6) is 5.75 Å². The second-order valence-corrected chi connectivity index (χ2v) is 7.31. The third-order valence-corrected chi connectivity index (χ3v) is 5.24. The zero-order valence-electron chi connectivity index (χ0n) is 11.1. The average Bonchev–Trinajstić information content (AvgIpc) is 2.47. The number of hydrogen-bond acceptors (Lipinski definition) is 3. The summed E-state index contributed by atoms with van der Waals surface area (Å²) >= 11 is 11.9. The molecule has 2 rings (SSSR count). The van der Waals surface area contributed by atoms with Gasteiger partial charge >= 0.3 is 0 Å². The Bertz CT molecular complexity index is 680. The Labute approximate surface area is 134 Å². The van der Waals surface area contributed by atoms with E-state index < -0.39 is 9.84 Å². The van der Waals surface area contributed by atoms with Gasteiger partial charge in [-0.15, -0.1) is 0 Å². The van der Waals surface area contributed by atoms with Crippen molar-refractivity contribution in [3.8, 4) is 5.75 Å². The first-order valence-electron chi connectivity index (χ1n) is 6.35. The molecule has 112 valence electrons. The lowest BCUT2D eigenvalue weighted by Gasteiger charge is -2.10. The number of ether oxygens (including phenoxy) is 1. The Morgan fingerprint density at radius 2 is 1.52 bits per heavy atom. The standard InChI is InChI=1S/C15H14Cl2O3S/c16-13-8-4-9-14(17)15(13)20-10-5-11-21(18,19)12-6-2-1-3-7-12/h1-4,6-9H,5,10-11H2. The topological polar surface area (TPSA) is 43.4 Å². The highest BCUT2D eigenvalue weighted by molar-refractivity contribution is 7.91. The van der Waals surface area contributed by atoms with Crippen LogP contribution in [0, 0.1) is 0 Å². The second-order valence-electron chi connectivity index (χ2n) is 4.38. The molecule has 0 fully saturated rings. The zero-order chi connectivity index (χ0) is 15.3. The van der Waals surface area contributed by atoms with Crippen molar-refractivity contribution in [3.63, 3.8) is 0 Å². The van der Waals surface area contributed by atoms with Gasteiger partial charge in [0.1, 0.15) is 0 Å². The van der Waals surface area contributed by atoms with Crippen LogP contribution in [0.3, 0.4) is 0 Å². The van der Waals surface area contributed by atoms with Gasteiger partial charge in [0.25, 0.3) is 0 Å². The number of sulfone groups is 1. The Hall–Kier alpha value is -1.23. The number of para-hydroxylation sites is 1. The van der Waals surface area contributed by atoms with Crippen LogP contribution in [0.2, 0.25) is 10.0 Å². The van der Waals surface area contributed by atoms with E-state index in [1.54, 1.807) is 48.5 Å². The maximum atomic E-state index is 12.1. The van der Waals surface area contributed by atoms with Gasteiger partial charge in [0.2, 0.25) is 0 Å². The molecule has 0 saturated carbocycles. The van der Waals surface area contributed by atoms with Gasteiger partial charge in [-0.1, -0.05) is 47.5 Å². The summed E-state index contributed by atoms with van der Waals surface area (Å²) in [6.45, 7) is 0.232. The molecule has 0 N–H and O–H groups in total. The number of halogens is 2. The molecule has 0 amide bonds. The molecule has 0 heterocycles. The zero-order valence-corrected chi connectivity index (χ0v) is 13.5. The van der Waals surface area contributed by atoms with E-state index >= 15 is 0 Å². The van der Waals surface area contributed by atoms with Crippen molar-refractivity contribution in [1.82, 2.24) is 0 Å². The highest BCUT2D eigenvalue weighted by atomic mass is 35.5. The van der Waals surface area contributed by atoms with Gasteiger partial charge in [-0.3, -0.25) is 0 Å². The van der Waals surface area contributed by atoms with E-state index in [1.807, 2.05) is 0 Å². The van der Waals surface area contributed by atoms with Crippen LogP contribution in [-0.2, 0) is 9.84 Å². The Balaban J connectivity index is 1.91. The van der Waals surface area contributed by atoms with Gasteiger partial charge in [-0.25, -0.2) is 8.42 Å². The minimum atomic E-state index is -3.28. The molecule has 0 aromatic heterocycles. The van der Waals surface area contributed by atoms with Crippen LogP contribution >= 0.6 is 23.2 Å². The molecule has 0 spiro atoms. The molecule has 3 nitrogen and oxygen atoms in total. The summed E-state index contributed by atoms with van der Waals surface area (Å²) in [5.41, 5.74) is 0. The van der Waals surface area contributed by atoms with Gasteiger partial charge in [-0.05, 0) is 30.7 Å². The largest absolute Gasteiger partial charge is 0.490 e. The van der Waals surface area contributed by atoms with Gasteiger partial charge in [0.05, 0.1) is 27.3 Å². The lowest BCUT2D eigenvalue weighted by atomic mass is 10.3. The molecule has 0 atom stereocenters. The summed E-state index contributed by atoms with van der Waals surface area (Å²) in [6.07, 6.45) is 0.360. The average molecular weight is 345 g/mol. The van der Waals surface area contributed by atoms with Crippen molar-refractivity contribution in [2.24, 2.45) is 0 Å². The predicted octanol–water partition coefficient (Wildman–Crippen LogP) is 4.24. The van der Waals surface area contributed by atoms with Crippen LogP contribution in [0.4, 0.5) is 0 Å². The first-order chi connectivity index (χ1) is 10.0. The highest BCUT2D eigenvalue weighted by Gasteiger charge is 2.14. The maximum absolute atomic E-state index is 12.1. The lowest BCUT2D eigenvalue weighted by Crippen LogP contribution is -2.10. The SMILES string of the molecule is O=S(=O)(CCCOc1c(Cl)cccc1Cl)c1ccccc1. The fourth-order valence-electron chi connectivity index (χ4n) is 1.79. The van der Waals surface area contributed by atoms with Crippen LogP contribution in [0.1, 0.15) is 6.42 Å². The predicted molar refractivity (Wildman–Crippen MR) is 85.1 cm³/mol. The number of rotatable bonds is 6. The number of hydrogen-bond donors (Lipinski definition) is 0. The highest BCUT2D eigenvalue weighted by Crippen LogP contribution is 2.32. The van der Waals surface area contributed by atoms with Crippen molar-refractivity contribution < 1.29 is 13.2 Å². The normalized spacial score (nSPS) is 11.3. The van der Waals surface area contributed by atoms with Crippen LogP contribution in [0.15, 0.2) is 53.4 Å². The minimum absolute atomic E-state index is 0.0130. The van der Waals surface area contributed by atoms with Gasteiger partial charge < -0.3 is 4.74 Å². The summed E-state index contributed by atoms with van der Waals surface area (Å²) in [5.74, 6) is 0.400. The smallest absolute Gasteiger partial charge is 0.178 e. The van der Waals surface area contributed by atoms with Crippen LogP contribution in [0.25, 0.3) is 0 Å². The van der Waals surface area contributed by atoms with E-state index in [4.69, 9.17) is 27.9 Å². The van der Waals surface area contributed by atoms with E-state index in [0.29, 0.717) is 27.1 Å². The van der Waals surface area contributed by atoms with Crippen molar-refractivity contribution in [1.29, 1.82) is 0 Å². The van der Waals surface area contributed by atoms with E-state index in [9.17, 15) is 8.42 Å². The number of benzene rings is 2. The molecular formula is C15H14Cl2O3S. The quantitative estimate of drug-likeness (QED) is 0.736. The first kappa shape index (κ1) is 16.1. The van der Waals surface area contributed by atoms with Crippen LogP contribution in [-0.4, -0.2) is 20.8 Å². The molecule has 6 heteroatoms. The lowest BCUT2D eigenvalue weighted by molar-refractivity contribution is 0.318. The van der Waals surface area contributed by atoms with Crippen molar-refractivity contribution in [2.75, 3.05) is 12.4 Å².